The van der Waals surface area contributed by atoms with Crippen molar-refractivity contribution in [3.05, 3.63) is 76.7 Å². The molecular formula is C35H44O5. The molecule has 0 aliphatic heterocycles. The largest absolute Gasteiger partial charge is 0.493 e. The number of ether oxygens (including phenoxy) is 2. The molecule has 1 heterocycles. The lowest BCUT2D eigenvalue weighted by atomic mass is 9.59. The first-order chi connectivity index (χ1) is 18.9. The van der Waals surface area contributed by atoms with Crippen LogP contribution in [0.5, 0.6) is 5.75 Å². The average molecular weight is 545 g/mol. The van der Waals surface area contributed by atoms with Gasteiger partial charge in [-0.2, -0.15) is 0 Å². The molecule has 40 heavy (non-hydrogen) atoms. The van der Waals surface area contributed by atoms with Crippen molar-refractivity contribution >= 4 is 16.9 Å². The first-order valence-corrected chi connectivity index (χ1v) is 14.6. The lowest BCUT2D eigenvalue weighted by Crippen LogP contribution is -2.42. The standard InChI is InChI=1S/C35H44O5/c1-8-31(36)39-20-14-12-10-9-11-13-19-38-26-17-15-25-21-27(32(37)40-30(25)23-26)24-16-18-28-29(22-24)34(4,5)35(6,7)33(28,2)3/h8,15-18,21-23H,1,9-14,19-20H2,2-7H3. The Morgan fingerprint density at radius 2 is 1.48 bits per heavy atom. The highest BCUT2D eigenvalue weighted by Gasteiger charge is 2.56. The maximum atomic E-state index is 13.1. The molecule has 0 saturated heterocycles. The maximum Gasteiger partial charge on any atom is 0.344 e. The Morgan fingerprint density at radius 1 is 0.825 bits per heavy atom. The Balaban J connectivity index is 1.36. The Labute approximate surface area is 238 Å². The molecule has 0 N–H and O–H groups in total. The molecule has 5 heteroatoms. The van der Waals surface area contributed by atoms with Crippen LogP contribution >= 0.6 is 0 Å². The van der Waals surface area contributed by atoms with Crippen molar-refractivity contribution in [3.8, 4) is 16.9 Å². The van der Waals surface area contributed by atoms with E-state index in [-0.39, 0.29) is 27.8 Å². The first-order valence-electron chi connectivity index (χ1n) is 14.6. The highest BCUT2D eigenvalue weighted by atomic mass is 16.5. The molecular weight excluding hydrogens is 500 g/mol. The van der Waals surface area contributed by atoms with Crippen LogP contribution in [0.25, 0.3) is 22.1 Å². The molecule has 0 bridgehead atoms. The van der Waals surface area contributed by atoms with Gasteiger partial charge in [-0.25, -0.2) is 9.59 Å². The number of rotatable bonds is 12. The molecule has 0 radical (unpaired) electrons. The number of hydrogen-bond acceptors (Lipinski definition) is 5. The zero-order chi connectivity index (χ0) is 29.1. The van der Waals surface area contributed by atoms with E-state index in [0.29, 0.717) is 30.1 Å². The number of benzene rings is 2. The fraction of sp³-hybridized carbons (Fsp3) is 0.486. The molecule has 214 valence electrons. The molecule has 0 fully saturated rings. The van der Waals surface area contributed by atoms with Gasteiger partial charge in [0.05, 0.1) is 18.8 Å². The summed E-state index contributed by atoms with van der Waals surface area (Å²) in [5.74, 6) is 0.346. The number of unbranched alkanes of at least 4 members (excludes halogenated alkanes) is 5. The van der Waals surface area contributed by atoms with Crippen LogP contribution in [0.3, 0.4) is 0 Å². The second-order valence-corrected chi connectivity index (χ2v) is 12.6. The summed E-state index contributed by atoms with van der Waals surface area (Å²) in [6.07, 6.45) is 7.35. The highest BCUT2D eigenvalue weighted by molar-refractivity contribution is 5.83. The van der Waals surface area contributed by atoms with Gasteiger partial charge in [-0.05, 0) is 64.0 Å². The van der Waals surface area contributed by atoms with E-state index in [9.17, 15) is 9.59 Å². The second kappa shape index (κ2) is 11.6. The van der Waals surface area contributed by atoms with Gasteiger partial charge in [0.2, 0.25) is 0 Å². The molecule has 0 spiro atoms. The molecule has 5 nitrogen and oxygen atoms in total. The molecule has 0 saturated carbocycles. The van der Waals surface area contributed by atoms with Crippen LogP contribution in [-0.2, 0) is 20.4 Å². The quantitative estimate of drug-likeness (QED) is 0.0990. The normalized spacial score (nSPS) is 16.4. The van der Waals surface area contributed by atoms with Crippen LogP contribution < -0.4 is 10.4 Å². The van der Waals surface area contributed by atoms with E-state index in [1.165, 1.54) is 17.2 Å². The van der Waals surface area contributed by atoms with E-state index in [1.54, 1.807) is 0 Å². The molecule has 1 aliphatic rings. The third-order valence-electron chi connectivity index (χ3n) is 9.73. The third-order valence-corrected chi connectivity index (χ3v) is 9.73. The summed E-state index contributed by atoms with van der Waals surface area (Å²) in [5, 5.41) is 0.876. The lowest BCUT2D eigenvalue weighted by Gasteiger charge is -2.44. The van der Waals surface area contributed by atoms with E-state index in [2.05, 4.69) is 66.3 Å². The van der Waals surface area contributed by atoms with Crippen molar-refractivity contribution in [3.63, 3.8) is 0 Å². The number of esters is 1. The third kappa shape index (κ3) is 5.61. The van der Waals surface area contributed by atoms with E-state index in [1.807, 2.05) is 24.3 Å². The van der Waals surface area contributed by atoms with E-state index < -0.39 is 0 Å². The summed E-state index contributed by atoms with van der Waals surface area (Å²) in [6, 6.07) is 14.1. The van der Waals surface area contributed by atoms with Crippen molar-refractivity contribution in [1.82, 2.24) is 0 Å². The van der Waals surface area contributed by atoms with Crippen molar-refractivity contribution < 1.29 is 18.7 Å². The van der Waals surface area contributed by atoms with Gasteiger partial charge in [0.15, 0.2) is 0 Å². The number of carbonyl (C=O) groups excluding carboxylic acids is 1. The molecule has 1 aliphatic carbocycles. The SMILES string of the molecule is C=CC(=O)OCCCCCCCCOc1ccc2cc(-c3ccc4c(c3)C(C)(C)C(C)(C)C4(C)C)c(=O)oc2c1. The zero-order valence-corrected chi connectivity index (χ0v) is 25.0. The first kappa shape index (κ1) is 29.6. The Morgan fingerprint density at radius 3 is 2.17 bits per heavy atom. The number of fused-ring (bicyclic) bond motifs is 2. The Kier molecular flexibility index (Phi) is 8.63. The van der Waals surface area contributed by atoms with E-state index in [0.717, 1.165) is 49.5 Å². The summed E-state index contributed by atoms with van der Waals surface area (Å²) in [7, 11) is 0. The van der Waals surface area contributed by atoms with Gasteiger partial charge in [0.25, 0.3) is 0 Å². The van der Waals surface area contributed by atoms with Crippen LogP contribution in [0.2, 0.25) is 0 Å². The van der Waals surface area contributed by atoms with Crippen LogP contribution in [-0.4, -0.2) is 19.2 Å². The summed E-state index contributed by atoms with van der Waals surface area (Å²) in [6.45, 7) is 18.4. The second-order valence-electron chi connectivity index (χ2n) is 12.6. The van der Waals surface area contributed by atoms with Gasteiger partial charge in [-0.3, -0.25) is 0 Å². The van der Waals surface area contributed by atoms with E-state index in [4.69, 9.17) is 13.9 Å². The van der Waals surface area contributed by atoms with Crippen LogP contribution in [0.15, 0.2) is 64.3 Å². The van der Waals surface area contributed by atoms with Gasteiger partial charge in [0, 0.05) is 17.5 Å². The predicted molar refractivity (Wildman–Crippen MR) is 162 cm³/mol. The highest BCUT2D eigenvalue weighted by Crippen LogP contribution is 2.61. The van der Waals surface area contributed by atoms with Crippen LogP contribution in [0.4, 0.5) is 0 Å². The monoisotopic (exact) mass is 544 g/mol. The van der Waals surface area contributed by atoms with Crippen molar-refractivity contribution in [2.24, 2.45) is 5.41 Å². The van der Waals surface area contributed by atoms with Crippen molar-refractivity contribution in [2.45, 2.75) is 90.9 Å². The van der Waals surface area contributed by atoms with Gasteiger partial charge in [-0.1, -0.05) is 92.0 Å². The molecule has 0 atom stereocenters. The minimum Gasteiger partial charge on any atom is -0.493 e. The fourth-order valence-electron chi connectivity index (χ4n) is 5.94. The molecule has 0 unspecified atom stereocenters. The molecule has 1 aromatic heterocycles. The molecule has 4 rings (SSSR count). The van der Waals surface area contributed by atoms with E-state index >= 15 is 0 Å². The predicted octanol–water partition coefficient (Wildman–Crippen LogP) is 8.50. The minimum absolute atomic E-state index is 0.0259. The Bertz CT molecular complexity index is 1440. The zero-order valence-electron chi connectivity index (χ0n) is 25.0. The van der Waals surface area contributed by atoms with Crippen molar-refractivity contribution in [2.75, 3.05) is 13.2 Å². The topological polar surface area (TPSA) is 65.7 Å². The molecule has 0 amide bonds. The fourth-order valence-corrected chi connectivity index (χ4v) is 5.94. The van der Waals surface area contributed by atoms with Crippen LogP contribution in [0, 0.1) is 5.41 Å². The summed E-state index contributed by atoms with van der Waals surface area (Å²) < 4.78 is 16.7. The van der Waals surface area contributed by atoms with Gasteiger partial charge in [0.1, 0.15) is 11.3 Å². The number of carbonyl (C=O) groups is 1. The van der Waals surface area contributed by atoms with Gasteiger partial charge < -0.3 is 13.9 Å². The maximum absolute atomic E-state index is 13.1. The van der Waals surface area contributed by atoms with Gasteiger partial charge in [-0.15, -0.1) is 0 Å². The minimum atomic E-state index is -0.359. The number of hydrogen-bond donors (Lipinski definition) is 0. The smallest absolute Gasteiger partial charge is 0.344 e. The van der Waals surface area contributed by atoms with Gasteiger partial charge >= 0.3 is 11.6 Å². The van der Waals surface area contributed by atoms with Crippen LogP contribution in [0.1, 0.15) is 91.2 Å². The lowest BCUT2D eigenvalue weighted by molar-refractivity contribution is -0.137. The summed E-state index contributed by atoms with van der Waals surface area (Å²) >= 11 is 0. The Hall–Kier alpha value is -3.34. The average Bonchev–Trinajstić information content (AvgIpc) is 3.02. The summed E-state index contributed by atoms with van der Waals surface area (Å²) in [4.78, 5) is 24.1. The summed E-state index contributed by atoms with van der Waals surface area (Å²) in [5.41, 5.74) is 4.39. The van der Waals surface area contributed by atoms with Crippen molar-refractivity contribution in [1.29, 1.82) is 0 Å². The molecule has 3 aromatic rings. The molecule has 2 aromatic carbocycles.